The van der Waals surface area contributed by atoms with Crippen molar-refractivity contribution in [1.82, 2.24) is 15.1 Å². The van der Waals surface area contributed by atoms with Crippen LogP contribution in [0.1, 0.15) is 21.6 Å². The van der Waals surface area contributed by atoms with Crippen LogP contribution < -0.4 is 5.32 Å². The number of thiophene rings is 1. The SMILES string of the molecule is Cc1ccsc1CN(C)C(=O)CN1C(=O)N[C@](Cc2ccccc2)(c2ccccc2)C1=O. The van der Waals surface area contributed by atoms with Crippen LogP contribution in [0.15, 0.2) is 72.1 Å². The average molecular weight is 448 g/mol. The molecule has 0 bridgehead atoms. The lowest BCUT2D eigenvalue weighted by Crippen LogP contribution is -2.47. The molecule has 2 heterocycles. The van der Waals surface area contributed by atoms with Crippen LogP contribution in [0.3, 0.4) is 0 Å². The number of amides is 4. The fourth-order valence-corrected chi connectivity index (χ4v) is 4.90. The van der Waals surface area contributed by atoms with Crippen LogP contribution in [0.4, 0.5) is 4.79 Å². The molecule has 3 aromatic rings. The van der Waals surface area contributed by atoms with E-state index in [-0.39, 0.29) is 12.5 Å². The summed E-state index contributed by atoms with van der Waals surface area (Å²) in [4.78, 5) is 43.1. The lowest BCUT2D eigenvalue weighted by atomic mass is 9.83. The fraction of sp³-hybridized carbons (Fsp3) is 0.240. The van der Waals surface area contributed by atoms with Gasteiger partial charge in [-0.25, -0.2) is 4.79 Å². The van der Waals surface area contributed by atoms with Gasteiger partial charge in [-0.15, -0.1) is 11.3 Å². The number of hydrogen-bond acceptors (Lipinski definition) is 4. The quantitative estimate of drug-likeness (QED) is 0.562. The first-order valence-electron chi connectivity index (χ1n) is 10.4. The van der Waals surface area contributed by atoms with E-state index >= 15 is 0 Å². The summed E-state index contributed by atoms with van der Waals surface area (Å²) in [5.41, 5.74) is 1.49. The van der Waals surface area contributed by atoms with E-state index in [0.29, 0.717) is 18.5 Å². The Bertz CT molecular complexity index is 1130. The number of urea groups is 1. The molecule has 1 fully saturated rings. The summed E-state index contributed by atoms with van der Waals surface area (Å²) in [6.07, 6.45) is 0.303. The summed E-state index contributed by atoms with van der Waals surface area (Å²) in [6.45, 7) is 2.15. The van der Waals surface area contributed by atoms with Crippen LogP contribution in [0.5, 0.6) is 0 Å². The fourth-order valence-electron chi connectivity index (χ4n) is 3.94. The highest BCUT2D eigenvalue weighted by Crippen LogP contribution is 2.33. The van der Waals surface area contributed by atoms with Crippen molar-refractivity contribution in [2.24, 2.45) is 0 Å². The maximum Gasteiger partial charge on any atom is 0.325 e. The highest BCUT2D eigenvalue weighted by Gasteiger charge is 2.52. The molecule has 6 nitrogen and oxygen atoms in total. The van der Waals surface area contributed by atoms with Gasteiger partial charge in [-0.3, -0.25) is 14.5 Å². The van der Waals surface area contributed by atoms with Gasteiger partial charge in [0.25, 0.3) is 5.91 Å². The molecule has 164 valence electrons. The van der Waals surface area contributed by atoms with Crippen molar-refractivity contribution >= 4 is 29.2 Å². The summed E-state index contributed by atoms with van der Waals surface area (Å²) in [5.74, 6) is -0.698. The van der Waals surface area contributed by atoms with Crippen molar-refractivity contribution in [1.29, 1.82) is 0 Å². The largest absolute Gasteiger partial charge is 0.339 e. The normalized spacial score (nSPS) is 18.0. The number of aryl methyl sites for hydroxylation is 1. The zero-order valence-electron chi connectivity index (χ0n) is 18.1. The monoisotopic (exact) mass is 447 g/mol. The van der Waals surface area contributed by atoms with Crippen LogP contribution in [0.2, 0.25) is 0 Å². The van der Waals surface area contributed by atoms with Gasteiger partial charge in [0, 0.05) is 18.3 Å². The highest BCUT2D eigenvalue weighted by atomic mass is 32.1. The molecule has 0 unspecified atom stereocenters. The van der Waals surface area contributed by atoms with E-state index in [0.717, 1.165) is 20.9 Å². The summed E-state index contributed by atoms with van der Waals surface area (Å²) < 4.78 is 0. The van der Waals surface area contributed by atoms with E-state index < -0.39 is 17.5 Å². The van der Waals surface area contributed by atoms with Gasteiger partial charge in [-0.1, -0.05) is 60.7 Å². The standard InChI is InChI=1S/C25H25N3O3S/c1-18-13-14-32-21(18)16-27(2)22(29)17-28-23(30)25(26-24(28)31,20-11-7-4-8-12-20)15-19-9-5-3-6-10-19/h3-14H,15-17H2,1-2H3,(H,26,31)/t25-/m1/s1. The number of rotatable bonds is 7. The first kappa shape index (κ1) is 21.8. The Morgan fingerprint density at radius 1 is 1.03 bits per heavy atom. The Morgan fingerprint density at radius 2 is 1.69 bits per heavy atom. The maximum atomic E-state index is 13.6. The van der Waals surface area contributed by atoms with Crippen molar-refractivity contribution < 1.29 is 14.4 Å². The first-order valence-corrected chi connectivity index (χ1v) is 11.3. The van der Waals surface area contributed by atoms with Crippen molar-refractivity contribution in [3.05, 3.63) is 93.7 Å². The molecule has 4 amide bonds. The van der Waals surface area contributed by atoms with Gasteiger partial charge in [0.05, 0.1) is 6.54 Å². The molecule has 1 aromatic heterocycles. The Balaban J connectivity index is 1.58. The minimum absolute atomic E-state index is 0.287. The van der Waals surface area contributed by atoms with E-state index in [2.05, 4.69) is 5.32 Å². The molecular weight excluding hydrogens is 422 g/mol. The molecular formula is C25H25N3O3S. The summed E-state index contributed by atoms with van der Waals surface area (Å²) in [5, 5.41) is 4.88. The molecule has 0 radical (unpaired) electrons. The molecule has 2 aromatic carbocycles. The van der Waals surface area contributed by atoms with Crippen LogP contribution in [-0.2, 0) is 28.1 Å². The number of nitrogens with one attached hydrogen (secondary N) is 1. The number of carbonyl (C=O) groups is 3. The van der Waals surface area contributed by atoms with Gasteiger partial charge < -0.3 is 10.2 Å². The smallest absolute Gasteiger partial charge is 0.325 e. The third-order valence-electron chi connectivity index (χ3n) is 5.82. The van der Waals surface area contributed by atoms with Gasteiger partial charge >= 0.3 is 6.03 Å². The number of carbonyl (C=O) groups excluding carboxylic acids is 3. The van der Waals surface area contributed by atoms with Gasteiger partial charge in [-0.05, 0) is 35.1 Å². The number of imide groups is 1. The summed E-state index contributed by atoms with van der Waals surface area (Å²) in [7, 11) is 1.69. The molecule has 0 saturated carbocycles. The third-order valence-corrected chi connectivity index (χ3v) is 6.83. The van der Waals surface area contributed by atoms with Gasteiger partial charge in [-0.2, -0.15) is 0 Å². The second-order valence-corrected chi connectivity index (χ2v) is 9.03. The van der Waals surface area contributed by atoms with Crippen molar-refractivity contribution in [2.75, 3.05) is 13.6 Å². The minimum Gasteiger partial charge on any atom is -0.339 e. The third kappa shape index (κ3) is 4.16. The number of benzene rings is 2. The Kier molecular flexibility index (Phi) is 6.10. The average Bonchev–Trinajstić information content (AvgIpc) is 3.31. The predicted molar refractivity (Wildman–Crippen MR) is 124 cm³/mol. The van der Waals surface area contributed by atoms with E-state index in [9.17, 15) is 14.4 Å². The van der Waals surface area contributed by atoms with E-state index in [1.54, 1.807) is 23.3 Å². The van der Waals surface area contributed by atoms with Crippen molar-refractivity contribution in [2.45, 2.75) is 25.4 Å². The number of likely N-dealkylation sites (N-methyl/N-ethyl adjacent to an activating group) is 1. The molecule has 4 rings (SSSR count). The molecule has 1 aliphatic heterocycles. The van der Waals surface area contributed by atoms with Gasteiger partial charge in [0.2, 0.25) is 5.91 Å². The van der Waals surface area contributed by atoms with E-state index in [1.165, 1.54) is 0 Å². The van der Waals surface area contributed by atoms with Crippen LogP contribution in [0, 0.1) is 6.92 Å². The maximum absolute atomic E-state index is 13.6. The molecule has 0 aliphatic carbocycles. The molecule has 7 heteroatoms. The second-order valence-electron chi connectivity index (χ2n) is 8.03. The lowest BCUT2D eigenvalue weighted by Gasteiger charge is -2.28. The zero-order chi connectivity index (χ0) is 22.7. The van der Waals surface area contributed by atoms with Crippen LogP contribution in [-0.4, -0.2) is 41.2 Å². The lowest BCUT2D eigenvalue weighted by molar-refractivity contribution is -0.138. The highest BCUT2D eigenvalue weighted by molar-refractivity contribution is 7.10. The number of hydrogen-bond donors (Lipinski definition) is 1. The molecule has 1 aliphatic rings. The van der Waals surface area contributed by atoms with Crippen LogP contribution >= 0.6 is 11.3 Å². The van der Waals surface area contributed by atoms with Gasteiger partial charge in [0.1, 0.15) is 6.54 Å². The zero-order valence-corrected chi connectivity index (χ0v) is 18.9. The minimum atomic E-state index is -1.25. The van der Waals surface area contributed by atoms with E-state index in [1.807, 2.05) is 79.0 Å². The summed E-state index contributed by atoms with van der Waals surface area (Å²) in [6, 6.07) is 20.2. The van der Waals surface area contributed by atoms with Crippen molar-refractivity contribution in [3.8, 4) is 0 Å². The summed E-state index contributed by atoms with van der Waals surface area (Å²) >= 11 is 1.58. The van der Waals surface area contributed by atoms with E-state index in [4.69, 9.17) is 0 Å². The van der Waals surface area contributed by atoms with Crippen molar-refractivity contribution in [3.63, 3.8) is 0 Å². The Labute approximate surface area is 191 Å². The molecule has 1 atom stereocenters. The Morgan fingerprint density at radius 3 is 2.31 bits per heavy atom. The first-order chi connectivity index (χ1) is 15.4. The van der Waals surface area contributed by atoms with Gasteiger partial charge in [0.15, 0.2) is 5.54 Å². The molecule has 32 heavy (non-hydrogen) atoms. The topological polar surface area (TPSA) is 69.7 Å². The number of nitrogens with zero attached hydrogens (tertiary/aromatic N) is 2. The molecule has 0 spiro atoms. The van der Waals surface area contributed by atoms with Crippen LogP contribution in [0.25, 0.3) is 0 Å². The second kappa shape index (κ2) is 8.96. The predicted octanol–water partition coefficient (Wildman–Crippen LogP) is 3.70. The Hall–Kier alpha value is -3.45. The molecule has 1 N–H and O–H groups in total. The molecule has 1 saturated heterocycles.